The summed E-state index contributed by atoms with van der Waals surface area (Å²) in [4.78, 5) is 24.0. The van der Waals surface area contributed by atoms with Crippen molar-refractivity contribution in [1.29, 1.82) is 0 Å². The molecule has 168 valence electrons. The van der Waals surface area contributed by atoms with Crippen molar-refractivity contribution >= 4 is 23.8 Å². The van der Waals surface area contributed by atoms with Gasteiger partial charge in [0.15, 0.2) is 0 Å². The number of nitrogens with two attached hydrogens (primary N) is 1. The number of halogens is 1. The minimum absolute atomic E-state index is 0.00966. The predicted molar refractivity (Wildman–Crippen MR) is 123 cm³/mol. The lowest BCUT2D eigenvalue weighted by Crippen LogP contribution is -2.62. The van der Waals surface area contributed by atoms with Crippen LogP contribution in [0.3, 0.4) is 0 Å². The number of aliphatic hydroxyl groups is 1. The summed E-state index contributed by atoms with van der Waals surface area (Å²) in [6.45, 7) is 6.34. The van der Waals surface area contributed by atoms with E-state index in [9.17, 15) is 9.90 Å². The van der Waals surface area contributed by atoms with E-state index in [0.717, 1.165) is 24.2 Å². The molecule has 1 fully saturated rings. The number of aliphatic imine (C=N–C) groups is 1. The first-order valence-corrected chi connectivity index (χ1v) is 11.4. The van der Waals surface area contributed by atoms with Gasteiger partial charge in [-0.3, -0.25) is 9.69 Å². The number of hydrogen-bond acceptors (Lipinski definition) is 6. The van der Waals surface area contributed by atoms with Crippen molar-refractivity contribution in [2.24, 2.45) is 16.6 Å². The number of aliphatic hydroxyl groups excluding tert-OH is 1. The maximum atomic E-state index is 13.0. The van der Waals surface area contributed by atoms with E-state index in [2.05, 4.69) is 28.6 Å². The van der Waals surface area contributed by atoms with Gasteiger partial charge in [0.05, 0.1) is 24.2 Å². The zero-order chi connectivity index (χ0) is 22.3. The van der Waals surface area contributed by atoms with E-state index in [4.69, 9.17) is 17.3 Å². The molecule has 0 bridgehead atoms. The van der Waals surface area contributed by atoms with Crippen LogP contribution in [0.2, 0.25) is 5.02 Å². The average Bonchev–Trinajstić information content (AvgIpc) is 3.03. The summed E-state index contributed by atoms with van der Waals surface area (Å²) in [6, 6.07) is 7.07. The van der Waals surface area contributed by atoms with Crippen molar-refractivity contribution < 1.29 is 9.90 Å². The normalized spacial score (nSPS) is 30.0. The highest BCUT2D eigenvalue weighted by Gasteiger charge is 2.43. The van der Waals surface area contributed by atoms with Gasteiger partial charge in [-0.05, 0) is 49.0 Å². The molecular weight excluding hydrogens is 414 g/mol. The monoisotopic (exact) mass is 445 g/mol. The number of hydrogen-bond donors (Lipinski definition) is 2. The highest BCUT2D eigenvalue weighted by atomic mass is 35.5. The molecule has 3 aliphatic rings. The van der Waals surface area contributed by atoms with Gasteiger partial charge in [0.2, 0.25) is 5.91 Å². The van der Waals surface area contributed by atoms with Gasteiger partial charge >= 0.3 is 0 Å². The third-order valence-electron chi connectivity index (χ3n) is 6.75. The summed E-state index contributed by atoms with van der Waals surface area (Å²) in [5, 5.41) is 11.1. The van der Waals surface area contributed by atoms with Crippen LogP contribution in [-0.4, -0.2) is 83.1 Å². The molecule has 3 N–H and O–H groups in total. The number of likely N-dealkylation sites (N-methyl/N-ethyl adjacent to an activating group) is 1. The Morgan fingerprint density at radius 3 is 2.68 bits per heavy atom. The zero-order valence-electron chi connectivity index (χ0n) is 18.4. The van der Waals surface area contributed by atoms with Gasteiger partial charge in [0, 0.05) is 37.7 Å². The Hall–Kier alpha value is -1.93. The molecule has 31 heavy (non-hydrogen) atoms. The summed E-state index contributed by atoms with van der Waals surface area (Å²) in [6.07, 6.45) is 2.62. The smallest absolute Gasteiger partial charge is 0.239 e. The van der Waals surface area contributed by atoms with E-state index in [0.29, 0.717) is 24.5 Å². The van der Waals surface area contributed by atoms with Gasteiger partial charge in [0.25, 0.3) is 0 Å². The van der Waals surface area contributed by atoms with Gasteiger partial charge in [-0.1, -0.05) is 30.7 Å². The fourth-order valence-electron chi connectivity index (χ4n) is 5.15. The van der Waals surface area contributed by atoms with Gasteiger partial charge in [-0.15, -0.1) is 0 Å². The van der Waals surface area contributed by atoms with Crippen molar-refractivity contribution in [3.05, 3.63) is 46.1 Å². The van der Waals surface area contributed by atoms with Crippen LogP contribution < -0.4 is 5.73 Å². The Morgan fingerprint density at radius 1 is 1.29 bits per heavy atom. The summed E-state index contributed by atoms with van der Waals surface area (Å²) in [7, 11) is 2.03. The first-order valence-electron chi connectivity index (χ1n) is 11.0. The molecule has 1 amide bonds. The molecule has 0 spiro atoms. The molecule has 4 rings (SSSR count). The van der Waals surface area contributed by atoms with E-state index in [1.54, 1.807) is 0 Å². The van der Waals surface area contributed by atoms with Crippen molar-refractivity contribution in [2.45, 2.75) is 51.0 Å². The maximum absolute atomic E-state index is 13.0. The van der Waals surface area contributed by atoms with Crippen LogP contribution in [0.1, 0.15) is 25.8 Å². The molecular formula is C23H32ClN5O2. The van der Waals surface area contributed by atoms with Crippen LogP contribution in [0, 0.1) is 5.92 Å². The summed E-state index contributed by atoms with van der Waals surface area (Å²) in [5.74, 6) is 0.277. The summed E-state index contributed by atoms with van der Waals surface area (Å²) < 4.78 is 0. The molecule has 1 aromatic rings. The molecule has 2 aliphatic heterocycles. The lowest BCUT2D eigenvalue weighted by molar-refractivity contribution is -0.136. The van der Waals surface area contributed by atoms with E-state index in [1.165, 1.54) is 5.57 Å². The van der Waals surface area contributed by atoms with Crippen LogP contribution in [-0.2, 0) is 11.2 Å². The number of carbonyl (C=O) groups excluding carboxylic acids is 1. The second-order valence-corrected chi connectivity index (χ2v) is 9.52. The summed E-state index contributed by atoms with van der Waals surface area (Å²) >= 11 is 5.95. The van der Waals surface area contributed by atoms with Crippen LogP contribution in [0.4, 0.5) is 0 Å². The molecule has 8 heteroatoms. The van der Waals surface area contributed by atoms with Crippen LogP contribution in [0.25, 0.3) is 0 Å². The lowest BCUT2D eigenvalue weighted by atomic mass is 9.97. The van der Waals surface area contributed by atoms with Crippen LogP contribution in [0.15, 0.2) is 40.5 Å². The SMILES string of the molecule is C[C@@H]1C[C@@H](O)C2=C1C(N1CCN(C(=O)[C@H](N)Cc3ccc(Cl)cc3)C[C@@H]1C)N(C)C=N2. The molecule has 1 saturated heterocycles. The van der Waals surface area contributed by atoms with Gasteiger partial charge in [-0.2, -0.15) is 0 Å². The maximum Gasteiger partial charge on any atom is 0.239 e. The first-order chi connectivity index (χ1) is 14.8. The van der Waals surface area contributed by atoms with Gasteiger partial charge < -0.3 is 20.6 Å². The van der Waals surface area contributed by atoms with Crippen molar-refractivity contribution in [2.75, 3.05) is 26.7 Å². The Labute approximate surface area is 189 Å². The third kappa shape index (κ3) is 4.37. The quantitative estimate of drug-likeness (QED) is 0.736. The molecule has 1 aromatic carbocycles. The Bertz CT molecular complexity index is 886. The zero-order valence-corrected chi connectivity index (χ0v) is 19.2. The van der Waals surface area contributed by atoms with E-state index in [-0.39, 0.29) is 24.0 Å². The molecule has 5 atom stereocenters. The fraction of sp³-hybridized carbons (Fsp3) is 0.565. The van der Waals surface area contributed by atoms with E-state index < -0.39 is 12.1 Å². The topological polar surface area (TPSA) is 85.4 Å². The van der Waals surface area contributed by atoms with Gasteiger partial charge in [-0.25, -0.2) is 4.99 Å². The molecule has 0 radical (unpaired) electrons. The Morgan fingerprint density at radius 2 is 2.00 bits per heavy atom. The predicted octanol–water partition coefficient (Wildman–Crippen LogP) is 1.70. The molecule has 7 nitrogen and oxygen atoms in total. The molecule has 1 aliphatic carbocycles. The number of carbonyl (C=O) groups is 1. The second-order valence-electron chi connectivity index (χ2n) is 9.09. The van der Waals surface area contributed by atoms with Gasteiger partial charge in [0.1, 0.15) is 6.17 Å². The minimum atomic E-state index is -0.566. The van der Waals surface area contributed by atoms with Crippen molar-refractivity contribution in [1.82, 2.24) is 14.7 Å². The molecule has 2 heterocycles. The highest BCUT2D eigenvalue weighted by molar-refractivity contribution is 6.30. The molecule has 0 saturated carbocycles. The number of amides is 1. The van der Waals surface area contributed by atoms with E-state index in [1.807, 2.05) is 42.6 Å². The molecule has 1 unspecified atom stereocenters. The standard InChI is InChI=1S/C23H32ClN5O2/c1-14-10-19(30)21-20(14)22(27(3)13-26-21)29-9-8-28(12-15(29)2)23(31)18(25)11-16-4-6-17(24)7-5-16/h4-7,13-15,18-19,22,30H,8-12,25H2,1-3H3/t14-,15+,18-,19-,22?/m1/s1. The number of rotatable bonds is 4. The van der Waals surface area contributed by atoms with Crippen LogP contribution >= 0.6 is 11.6 Å². The Kier molecular flexibility index (Phi) is 6.40. The van der Waals surface area contributed by atoms with E-state index >= 15 is 0 Å². The van der Waals surface area contributed by atoms with Crippen molar-refractivity contribution in [3.63, 3.8) is 0 Å². The summed E-state index contributed by atoms with van der Waals surface area (Å²) in [5.41, 5.74) is 9.31. The number of nitrogens with zero attached hydrogens (tertiary/aromatic N) is 4. The fourth-order valence-corrected chi connectivity index (χ4v) is 5.27. The third-order valence-corrected chi connectivity index (χ3v) is 7.00. The average molecular weight is 446 g/mol. The Balaban J connectivity index is 1.42. The van der Waals surface area contributed by atoms with Crippen molar-refractivity contribution in [3.8, 4) is 0 Å². The second kappa shape index (κ2) is 8.90. The molecule has 0 aromatic heterocycles. The first kappa shape index (κ1) is 22.3. The largest absolute Gasteiger partial charge is 0.387 e. The highest BCUT2D eigenvalue weighted by Crippen LogP contribution is 2.40. The van der Waals surface area contributed by atoms with Crippen LogP contribution in [0.5, 0.6) is 0 Å². The number of piperazine rings is 1. The lowest BCUT2D eigenvalue weighted by Gasteiger charge is -2.48. The minimum Gasteiger partial charge on any atom is -0.387 e. The number of benzene rings is 1.